The van der Waals surface area contributed by atoms with Crippen molar-refractivity contribution in [2.24, 2.45) is 0 Å². The molecule has 8 heteroatoms. The number of hydrogen-bond donors (Lipinski definition) is 2. The van der Waals surface area contributed by atoms with Crippen LogP contribution >= 0.6 is 0 Å². The monoisotopic (exact) mass is 419 g/mol. The van der Waals surface area contributed by atoms with E-state index in [1.165, 1.54) is 28.0 Å². The molecule has 0 aliphatic rings. The molecule has 164 valence electrons. The average Bonchev–Trinajstić information content (AvgIpc) is 3.13. The van der Waals surface area contributed by atoms with Crippen LogP contribution in [0.1, 0.15) is 49.7 Å². The lowest BCUT2D eigenvalue weighted by Crippen LogP contribution is -3.11. The molecule has 0 radical (unpaired) electrons. The number of carbonyl (C=O) groups excluding carboxylic acids is 2. The highest BCUT2D eigenvalue weighted by Gasteiger charge is 2.26. The van der Waals surface area contributed by atoms with Crippen molar-refractivity contribution in [2.45, 2.75) is 46.6 Å². The van der Waals surface area contributed by atoms with E-state index in [9.17, 15) is 14.0 Å². The van der Waals surface area contributed by atoms with E-state index in [1.54, 1.807) is 19.1 Å². The molecule has 30 heavy (non-hydrogen) atoms. The number of carbonyl (C=O) groups is 2. The number of quaternary nitrogens is 1. The Kier molecular flexibility index (Phi) is 8.98. The Morgan fingerprint density at radius 1 is 1.27 bits per heavy atom. The number of hydrogen-bond acceptors (Lipinski definition) is 4. The molecule has 2 N–H and O–H groups in total. The van der Waals surface area contributed by atoms with E-state index in [0.717, 1.165) is 32.5 Å². The van der Waals surface area contributed by atoms with Crippen molar-refractivity contribution >= 4 is 17.6 Å². The smallest absolute Gasteiger partial charge is 0.257 e. The van der Waals surface area contributed by atoms with Gasteiger partial charge < -0.3 is 19.6 Å². The SMILES string of the molecule is CC[NH+](CC)CCC[C@@H](C)N(CC(=O)Nc1cc(C)on1)C(=O)c1ccccc1F. The number of rotatable bonds is 11. The molecule has 1 aromatic heterocycles. The molecule has 0 aliphatic carbocycles. The summed E-state index contributed by atoms with van der Waals surface area (Å²) >= 11 is 0. The molecule has 2 rings (SSSR count). The van der Waals surface area contributed by atoms with Crippen LogP contribution in [-0.2, 0) is 4.79 Å². The molecule has 0 spiro atoms. The standard InChI is InChI=1S/C22H31FN4O3/c1-5-26(6-2)13-9-10-16(3)27(22(29)18-11-7-8-12-19(18)23)15-21(28)24-20-14-17(4)30-25-20/h7-8,11-12,14,16H,5-6,9-10,13,15H2,1-4H3,(H,24,25,28)/p+1/t16-/m1/s1. The van der Waals surface area contributed by atoms with Crippen LogP contribution in [0.4, 0.5) is 10.2 Å². The van der Waals surface area contributed by atoms with Gasteiger partial charge in [0, 0.05) is 12.1 Å². The summed E-state index contributed by atoms with van der Waals surface area (Å²) in [6, 6.07) is 7.20. The normalized spacial score (nSPS) is 12.1. The highest BCUT2D eigenvalue weighted by molar-refractivity contribution is 5.99. The molecule has 0 saturated heterocycles. The van der Waals surface area contributed by atoms with E-state index < -0.39 is 17.6 Å². The van der Waals surface area contributed by atoms with Gasteiger partial charge in [0.2, 0.25) is 5.91 Å². The van der Waals surface area contributed by atoms with Crippen molar-refractivity contribution in [1.29, 1.82) is 0 Å². The van der Waals surface area contributed by atoms with Gasteiger partial charge in [0.15, 0.2) is 5.82 Å². The maximum absolute atomic E-state index is 14.2. The minimum atomic E-state index is -0.597. The summed E-state index contributed by atoms with van der Waals surface area (Å²) in [7, 11) is 0. The largest absolute Gasteiger partial charge is 0.360 e. The molecule has 2 amide bonds. The molecular weight excluding hydrogens is 387 g/mol. The Bertz CT molecular complexity index is 835. The van der Waals surface area contributed by atoms with Crippen LogP contribution in [0.2, 0.25) is 0 Å². The molecule has 0 saturated carbocycles. The number of aromatic nitrogens is 1. The number of nitrogens with zero attached hydrogens (tertiary/aromatic N) is 2. The van der Waals surface area contributed by atoms with Gasteiger partial charge in [0.1, 0.15) is 18.1 Å². The highest BCUT2D eigenvalue weighted by Crippen LogP contribution is 2.15. The number of halogens is 1. The lowest BCUT2D eigenvalue weighted by molar-refractivity contribution is -0.896. The van der Waals surface area contributed by atoms with E-state index >= 15 is 0 Å². The Morgan fingerprint density at radius 2 is 1.97 bits per heavy atom. The second-order valence-electron chi connectivity index (χ2n) is 7.48. The third-order valence-electron chi connectivity index (χ3n) is 5.26. The quantitative estimate of drug-likeness (QED) is 0.586. The summed E-state index contributed by atoms with van der Waals surface area (Å²) in [5.41, 5.74) is -0.0381. The molecule has 0 unspecified atom stereocenters. The Balaban J connectivity index is 2.11. The second-order valence-corrected chi connectivity index (χ2v) is 7.48. The molecular formula is C22H32FN4O3+. The van der Waals surface area contributed by atoms with Crippen LogP contribution in [-0.4, -0.2) is 54.1 Å². The summed E-state index contributed by atoms with van der Waals surface area (Å²) < 4.78 is 19.2. The van der Waals surface area contributed by atoms with Crippen molar-refractivity contribution in [2.75, 3.05) is 31.5 Å². The lowest BCUT2D eigenvalue weighted by Gasteiger charge is -2.29. The zero-order valence-electron chi connectivity index (χ0n) is 18.2. The number of aryl methyl sites for hydroxylation is 1. The maximum atomic E-state index is 14.2. The minimum absolute atomic E-state index is 0.0381. The van der Waals surface area contributed by atoms with Crippen LogP contribution in [0.3, 0.4) is 0 Å². The molecule has 0 bridgehead atoms. The lowest BCUT2D eigenvalue weighted by atomic mass is 10.1. The van der Waals surface area contributed by atoms with E-state index in [4.69, 9.17) is 4.52 Å². The van der Waals surface area contributed by atoms with Gasteiger partial charge in [-0.1, -0.05) is 17.3 Å². The molecule has 1 heterocycles. The number of benzene rings is 1. The predicted octanol–water partition coefficient (Wildman–Crippen LogP) is 2.30. The van der Waals surface area contributed by atoms with Gasteiger partial charge in [-0.25, -0.2) is 4.39 Å². The van der Waals surface area contributed by atoms with Crippen LogP contribution in [0, 0.1) is 12.7 Å². The third kappa shape index (κ3) is 6.66. The predicted molar refractivity (Wildman–Crippen MR) is 113 cm³/mol. The van der Waals surface area contributed by atoms with Gasteiger partial charge in [-0.3, -0.25) is 9.59 Å². The van der Waals surface area contributed by atoms with E-state index in [0.29, 0.717) is 5.76 Å². The van der Waals surface area contributed by atoms with Gasteiger partial charge >= 0.3 is 0 Å². The van der Waals surface area contributed by atoms with Crippen molar-refractivity contribution in [3.05, 3.63) is 47.5 Å². The second kappa shape index (κ2) is 11.4. The first-order valence-electron chi connectivity index (χ1n) is 10.5. The minimum Gasteiger partial charge on any atom is -0.360 e. The Morgan fingerprint density at radius 3 is 2.57 bits per heavy atom. The van der Waals surface area contributed by atoms with Crippen molar-refractivity contribution in [3.8, 4) is 0 Å². The van der Waals surface area contributed by atoms with Gasteiger partial charge in [0.05, 0.1) is 25.2 Å². The van der Waals surface area contributed by atoms with Gasteiger partial charge in [-0.05, 0) is 52.7 Å². The zero-order chi connectivity index (χ0) is 22.1. The van der Waals surface area contributed by atoms with E-state index in [-0.39, 0.29) is 24.0 Å². The van der Waals surface area contributed by atoms with Crippen molar-refractivity contribution in [1.82, 2.24) is 10.1 Å². The summed E-state index contributed by atoms with van der Waals surface area (Å²) in [6.07, 6.45) is 1.63. The summed E-state index contributed by atoms with van der Waals surface area (Å²) in [5, 5.41) is 6.37. The van der Waals surface area contributed by atoms with Crippen molar-refractivity contribution < 1.29 is 23.4 Å². The fourth-order valence-electron chi connectivity index (χ4n) is 3.39. The first kappa shape index (κ1) is 23.5. The van der Waals surface area contributed by atoms with Crippen molar-refractivity contribution in [3.63, 3.8) is 0 Å². The maximum Gasteiger partial charge on any atom is 0.257 e. The van der Waals surface area contributed by atoms with Crippen LogP contribution in [0.15, 0.2) is 34.9 Å². The Hall–Kier alpha value is -2.74. The van der Waals surface area contributed by atoms with Crippen LogP contribution < -0.4 is 10.2 Å². The first-order valence-corrected chi connectivity index (χ1v) is 10.5. The average molecular weight is 420 g/mol. The van der Waals surface area contributed by atoms with Gasteiger partial charge in [0.25, 0.3) is 5.91 Å². The van der Waals surface area contributed by atoms with Gasteiger partial charge in [-0.15, -0.1) is 0 Å². The number of nitrogens with one attached hydrogen (secondary N) is 2. The number of anilines is 1. The van der Waals surface area contributed by atoms with Crippen LogP contribution in [0.5, 0.6) is 0 Å². The highest BCUT2D eigenvalue weighted by atomic mass is 19.1. The van der Waals surface area contributed by atoms with E-state index in [2.05, 4.69) is 24.3 Å². The van der Waals surface area contributed by atoms with E-state index in [1.807, 2.05) is 6.92 Å². The molecule has 0 fully saturated rings. The molecule has 2 aromatic rings. The van der Waals surface area contributed by atoms with Crippen LogP contribution in [0.25, 0.3) is 0 Å². The van der Waals surface area contributed by atoms with Gasteiger partial charge in [-0.2, -0.15) is 0 Å². The molecule has 1 aromatic carbocycles. The topological polar surface area (TPSA) is 79.9 Å². The number of amides is 2. The Labute approximate surface area is 177 Å². The summed E-state index contributed by atoms with van der Waals surface area (Å²) in [4.78, 5) is 28.5. The fourth-order valence-corrected chi connectivity index (χ4v) is 3.39. The fraction of sp³-hybridized carbons (Fsp3) is 0.500. The molecule has 0 aliphatic heterocycles. The summed E-state index contributed by atoms with van der Waals surface area (Å²) in [6.45, 7) is 10.8. The third-order valence-corrected chi connectivity index (χ3v) is 5.26. The molecule has 7 nitrogen and oxygen atoms in total. The zero-order valence-corrected chi connectivity index (χ0v) is 18.2. The summed E-state index contributed by atoms with van der Waals surface area (Å²) in [5.74, 6) is -0.651. The first-order chi connectivity index (χ1) is 14.3. The molecule has 1 atom stereocenters.